The molecule has 0 spiro atoms. The molecule has 0 rings (SSSR count). The van der Waals surface area contributed by atoms with E-state index >= 15 is 0 Å². The molecule has 0 aliphatic heterocycles. The molecule has 0 aromatic rings. The number of rotatable bonds is 0. The molecule has 1 nitrogen and oxygen atoms in total. The molecule has 0 unspecified atom stereocenters. The summed E-state index contributed by atoms with van der Waals surface area (Å²) in [6.07, 6.45) is 0. The zero-order valence-electron chi connectivity index (χ0n) is 4.70. The van der Waals surface area contributed by atoms with E-state index in [-0.39, 0.29) is 139 Å². The van der Waals surface area contributed by atoms with Gasteiger partial charge in [0.1, 0.15) is 0 Å². The Morgan fingerprint density at radius 1 is 1.20 bits per heavy atom. The standard InChI is InChI=1S/Ba.Ca.Cu.O.Tl.2H/q2*+2;;-2;;2*-1. The van der Waals surface area contributed by atoms with Crippen molar-refractivity contribution in [2.24, 2.45) is 0 Å². The summed E-state index contributed by atoms with van der Waals surface area (Å²) in [6.45, 7) is 0. The second-order valence-electron chi connectivity index (χ2n) is 0. The first kappa shape index (κ1) is 34.9. The maximum atomic E-state index is 0. The fourth-order valence-electron chi connectivity index (χ4n) is 0. The van der Waals surface area contributed by atoms with Crippen molar-refractivity contribution in [1.82, 2.24) is 0 Å². The van der Waals surface area contributed by atoms with Gasteiger partial charge in [0, 0.05) is 44.4 Å². The molecule has 0 saturated heterocycles. The Morgan fingerprint density at radius 3 is 1.20 bits per heavy atom. The summed E-state index contributed by atoms with van der Waals surface area (Å²) in [5.41, 5.74) is 0. The summed E-state index contributed by atoms with van der Waals surface area (Å²) in [4.78, 5) is 0. The molecule has 0 N–H and O–H groups in total. The second kappa shape index (κ2) is 24.0. The smallest absolute Gasteiger partial charge is 2.00 e. The summed E-state index contributed by atoms with van der Waals surface area (Å²) < 4.78 is 0. The van der Waals surface area contributed by atoms with Gasteiger partial charge in [-0.3, -0.25) is 0 Å². The predicted molar refractivity (Wildman–Crippen MR) is 20.2 cm³/mol. The average molecular weight is 463 g/mol. The maximum Gasteiger partial charge on any atom is 2.00 e. The molecule has 2 radical (unpaired) electrons. The molecule has 0 saturated carbocycles. The van der Waals surface area contributed by atoms with E-state index in [2.05, 4.69) is 0 Å². The molecule has 0 fully saturated rings. The van der Waals surface area contributed by atoms with E-state index in [9.17, 15) is 0 Å². The fourth-order valence-corrected chi connectivity index (χ4v) is 0. The van der Waals surface area contributed by atoms with Crippen molar-refractivity contribution in [3.05, 3.63) is 0 Å². The first-order valence-corrected chi connectivity index (χ1v) is 0. The van der Waals surface area contributed by atoms with E-state index in [1.54, 1.807) is 0 Å². The monoisotopic (exact) mass is 464 g/mol. The first-order valence-electron chi connectivity index (χ1n) is 0. The third-order valence-corrected chi connectivity index (χ3v) is 0. The van der Waals surface area contributed by atoms with Crippen LogP contribution in [0.25, 0.3) is 0 Å². The number of hydrogen-bond donors (Lipinski definition) is 0. The van der Waals surface area contributed by atoms with Crippen LogP contribution in [0.15, 0.2) is 0 Å². The van der Waals surface area contributed by atoms with Crippen LogP contribution in [0.5, 0.6) is 0 Å². The molecule has 0 aliphatic carbocycles. The van der Waals surface area contributed by atoms with Gasteiger partial charge in [-0.2, -0.15) is 0 Å². The van der Waals surface area contributed by atoms with Crippen LogP contribution in [0.4, 0.5) is 0 Å². The van der Waals surface area contributed by atoms with Gasteiger partial charge in [0.15, 0.2) is 0 Å². The van der Waals surface area contributed by atoms with Crippen LogP contribution < -0.4 is 0 Å². The van der Waals surface area contributed by atoms with Crippen LogP contribution in [-0.2, 0) is 22.5 Å². The van der Waals surface area contributed by atoms with E-state index in [0.717, 1.165) is 0 Å². The zero-order valence-corrected chi connectivity index (χ0v) is 14.8. The fraction of sp³-hybridized carbons (Fsp3) is 0. The molecule has 0 atom stereocenters. The molecule has 5 heavy (non-hydrogen) atoms. The molecular weight excluding hydrogens is 461 g/mol. The van der Waals surface area contributed by atoms with Gasteiger partial charge < -0.3 is 8.33 Å². The van der Waals surface area contributed by atoms with Crippen molar-refractivity contribution in [3.63, 3.8) is 0 Å². The Morgan fingerprint density at radius 2 is 1.20 bits per heavy atom. The zero-order chi connectivity index (χ0) is 0. The summed E-state index contributed by atoms with van der Waals surface area (Å²) in [6, 6.07) is 0. The van der Waals surface area contributed by atoms with Crippen molar-refractivity contribution in [2.45, 2.75) is 0 Å². The largest absolute Gasteiger partial charge is 2.00 e. The van der Waals surface area contributed by atoms with Gasteiger partial charge in [-0.15, -0.1) is 0 Å². The third-order valence-electron chi connectivity index (χ3n) is 0. The van der Waals surface area contributed by atoms with Crippen molar-refractivity contribution in [1.29, 1.82) is 0 Å². The molecule has 0 aromatic heterocycles. The normalized spacial score (nSPS) is 0. The van der Waals surface area contributed by atoms with E-state index in [1.165, 1.54) is 0 Å². The van der Waals surface area contributed by atoms with Crippen LogP contribution in [0.2, 0.25) is 0 Å². The second-order valence-corrected chi connectivity index (χ2v) is 0. The first-order chi connectivity index (χ1) is 0. The van der Waals surface area contributed by atoms with E-state index in [1.807, 2.05) is 0 Å². The average Bonchev–Trinajstić information content (AvgIpc) is 0. The molecule has 0 bridgehead atoms. The topological polar surface area (TPSA) is 28.5 Å². The SMILES string of the molecule is [Ba+2].[Ca+2].[Cu].[H-].[H-].[O-2].[Tl]. The van der Waals surface area contributed by atoms with Crippen molar-refractivity contribution in [2.75, 3.05) is 0 Å². The Balaban J connectivity index is 0. The Kier molecular flexibility index (Phi) is 168. The molecule has 0 amide bonds. The summed E-state index contributed by atoms with van der Waals surface area (Å²) in [5, 5.41) is 0. The van der Waals surface area contributed by atoms with Crippen LogP contribution in [0.3, 0.4) is 0 Å². The van der Waals surface area contributed by atoms with Gasteiger partial charge in [-0.1, -0.05) is 0 Å². The van der Waals surface area contributed by atoms with Gasteiger partial charge in [0.2, 0.25) is 0 Å². The van der Waals surface area contributed by atoms with Crippen LogP contribution in [0, 0.1) is 0 Å². The van der Waals surface area contributed by atoms with Crippen molar-refractivity contribution >= 4 is 114 Å². The van der Waals surface area contributed by atoms with Crippen LogP contribution in [-0.4, -0.2) is 114 Å². The van der Waals surface area contributed by atoms with Crippen LogP contribution >= 0.6 is 0 Å². The summed E-state index contributed by atoms with van der Waals surface area (Å²) in [5.74, 6) is 0. The predicted octanol–water partition coefficient (Wildman–Crippen LogP) is -1.04. The van der Waals surface area contributed by atoms with Crippen molar-refractivity contribution in [3.8, 4) is 0 Å². The quantitative estimate of drug-likeness (QED) is 0.411. The van der Waals surface area contributed by atoms with Crippen molar-refractivity contribution < 1.29 is 25.4 Å². The minimum absolute atomic E-state index is 0. The van der Waals surface area contributed by atoms with Gasteiger partial charge in [-0.25, -0.2) is 0 Å². The molecule has 0 heterocycles. The Bertz CT molecular complexity index is 17.7. The van der Waals surface area contributed by atoms with Gasteiger partial charge in [-0.05, 0) is 0 Å². The third kappa shape index (κ3) is 17.9. The number of hydrogen-bond acceptors (Lipinski definition) is 0. The van der Waals surface area contributed by atoms with Crippen LogP contribution in [0.1, 0.15) is 2.85 Å². The Labute approximate surface area is 135 Å². The van der Waals surface area contributed by atoms with E-state index in [4.69, 9.17) is 0 Å². The minimum Gasteiger partial charge on any atom is -2.00 e. The summed E-state index contributed by atoms with van der Waals surface area (Å²) in [7, 11) is 0. The maximum absolute atomic E-state index is 0. The van der Waals surface area contributed by atoms with Gasteiger partial charge in [0.25, 0.3) is 0 Å². The van der Waals surface area contributed by atoms with Gasteiger partial charge in [0.05, 0.1) is 0 Å². The molecule has 5 heteroatoms. The molecule has 0 aromatic carbocycles. The molecule has 0 aliphatic rings. The van der Waals surface area contributed by atoms with E-state index < -0.39 is 0 Å². The minimum atomic E-state index is 0. The molecular formula is H2BaCaCuOTl. The molecule has 26 valence electrons. The Hall–Kier alpha value is 4.23. The van der Waals surface area contributed by atoms with E-state index in [0.29, 0.717) is 0 Å². The van der Waals surface area contributed by atoms with Gasteiger partial charge >= 0.3 is 86.6 Å². The summed E-state index contributed by atoms with van der Waals surface area (Å²) >= 11 is 0.